The monoisotopic (exact) mass is 228 g/mol. The lowest BCUT2D eigenvalue weighted by molar-refractivity contribution is 0.0607. The lowest BCUT2D eigenvalue weighted by atomic mass is 9.79. The molecule has 16 heavy (non-hydrogen) atoms. The molecule has 1 unspecified atom stereocenters. The second-order valence-corrected chi connectivity index (χ2v) is 5.58. The minimum absolute atomic E-state index is 0.177. The third-order valence-electron chi connectivity index (χ3n) is 4.29. The minimum Gasteiger partial charge on any atom is -0.308 e. The first-order valence-corrected chi connectivity index (χ1v) is 6.81. The van der Waals surface area contributed by atoms with E-state index in [0.717, 1.165) is 19.6 Å². The van der Waals surface area contributed by atoms with Crippen molar-refractivity contribution in [2.24, 2.45) is 0 Å². The van der Waals surface area contributed by atoms with Crippen molar-refractivity contribution in [3.05, 3.63) is 0 Å². The summed E-state index contributed by atoms with van der Waals surface area (Å²) in [7, 11) is 0. The van der Waals surface area contributed by atoms with Gasteiger partial charge >= 0.3 is 0 Å². The van der Waals surface area contributed by atoms with Crippen molar-refractivity contribution in [2.75, 3.05) is 26.3 Å². The summed E-state index contributed by atoms with van der Waals surface area (Å²) >= 11 is 0. The maximum Gasteiger partial charge on any atom is 0.0906 e. The van der Waals surface area contributed by atoms with E-state index < -0.39 is 0 Å². The smallest absolute Gasteiger partial charge is 0.0906 e. The van der Waals surface area contributed by atoms with Gasteiger partial charge in [-0.1, -0.05) is 19.3 Å². The van der Waals surface area contributed by atoms with Gasteiger partial charge in [0.05, 0.1) is 6.67 Å². The van der Waals surface area contributed by atoms with Crippen molar-refractivity contribution in [2.45, 2.75) is 57.0 Å². The van der Waals surface area contributed by atoms with Crippen LogP contribution >= 0.6 is 0 Å². The van der Waals surface area contributed by atoms with Crippen molar-refractivity contribution in [1.82, 2.24) is 10.2 Å². The largest absolute Gasteiger partial charge is 0.308 e. The average Bonchev–Trinajstić information content (AvgIpc) is 2.32. The van der Waals surface area contributed by atoms with Gasteiger partial charge in [0.2, 0.25) is 0 Å². The van der Waals surface area contributed by atoms with Crippen LogP contribution in [0.4, 0.5) is 4.39 Å². The van der Waals surface area contributed by atoms with Crippen LogP contribution in [0.15, 0.2) is 0 Å². The lowest BCUT2D eigenvalue weighted by Gasteiger charge is -2.49. The van der Waals surface area contributed by atoms with Gasteiger partial charge < -0.3 is 5.32 Å². The van der Waals surface area contributed by atoms with Crippen LogP contribution < -0.4 is 5.32 Å². The fourth-order valence-corrected chi connectivity index (χ4v) is 3.22. The summed E-state index contributed by atoms with van der Waals surface area (Å²) in [5.41, 5.74) is 0.362. The molecule has 1 aliphatic heterocycles. The maximum atomic E-state index is 12.3. The van der Waals surface area contributed by atoms with Gasteiger partial charge in [0.15, 0.2) is 0 Å². The topological polar surface area (TPSA) is 15.3 Å². The third kappa shape index (κ3) is 2.75. The number of halogens is 1. The Hall–Kier alpha value is -0.150. The maximum absolute atomic E-state index is 12.3. The molecule has 0 aromatic carbocycles. The Bertz CT molecular complexity index is 214. The van der Waals surface area contributed by atoms with Crippen LogP contribution in [0.1, 0.15) is 45.4 Å². The van der Waals surface area contributed by atoms with Crippen LogP contribution in [-0.2, 0) is 0 Å². The van der Waals surface area contributed by atoms with E-state index in [1.54, 1.807) is 0 Å². The van der Waals surface area contributed by atoms with E-state index >= 15 is 0 Å². The summed E-state index contributed by atoms with van der Waals surface area (Å²) in [6.07, 6.45) is 7.43. The molecule has 1 saturated heterocycles. The molecule has 1 saturated carbocycles. The van der Waals surface area contributed by atoms with Crippen LogP contribution in [0, 0.1) is 0 Å². The summed E-state index contributed by atoms with van der Waals surface area (Å²) in [6, 6.07) is 0.569. The van der Waals surface area contributed by atoms with E-state index in [2.05, 4.69) is 17.1 Å². The van der Waals surface area contributed by atoms with Gasteiger partial charge in [0.1, 0.15) is 0 Å². The van der Waals surface area contributed by atoms with Gasteiger partial charge in [-0.2, -0.15) is 0 Å². The molecule has 2 nitrogen and oxygen atoms in total. The highest BCUT2D eigenvalue weighted by Gasteiger charge is 2.38. The van der Waals surface area contributed by atoms with Crippen molar-refractivity contribution in [3.8, 4) is 0 Å². The number of rotatable bonds is 3. The first-order chi connectivity index (χ1) is 7.76. The molecule has 94 valence electrons. The molecule has 0 aromatic rings. The van der Waals surface area contributed by atoms with Crippen molar-refractivity contribution in [1.29, 1.82) is 0 Å². The highest BCUT2D eigenvalue weighted by Crippen LogP contribution is 2.31. The Morgan fingerprint density at radius 3 is 2.75 bits per heavy atom. The number of hydrogen-bond acceptors (Lipinski definition) is 2. The Balaban J connectivity index is 1.92. The molecule has 2 fully saturated rings. The van der Waals surface area contributed by atoms with Crippen molar-refractivity contribution < 1.29 is 4.39 Å². The second-order valence-electron chi connectivity index (χ2n) is 5.58. The summed E-state index contributed by atoms with van der Waals surface area (Å²) in [5.74, 6) is 0. The van der Waals surface area contributed by atoms with Crippen molar-refractivity contribution >= 4 is 0 Å². The highest BCUT2D eigenvalue weighted by atomic mass is 19.1. The Kier molecular flexibility index (Phi) is 4.20. The highest BCUT2D eigenvalue weighted by molar-refractivity contribution is 4.98. The molecule has 0 bridgehead atoms. The van der Waals surface area contributed by atoms with Gasteiger partial charge in [-0.15, -0.1) is 0 Å². The van der Waals surface area contributed by atoms with Crippen LogP contribution in [-0.4, -0.2) is 42.8 Å². The average molecular weight is 228 g/mol. The van der Waals surface area contributed by atoms with E-state index in [-0.39, 0.29) is 6.67 Å². The molecular weight excluding hydrogens is 203 g/mol. The molecule has 1 atom stereocenters. The molecule has 2 aliphatic rings. The van der Waals surface area contributed by atoms with Crippen LogP contribution in [0.5, 0.6) is 0 Å². The van der Waals surface area contributed by atoms with E-state index in [9.17, 15) is 4.39 Å². The Morgan fingerprint density at radius 1 is 1.31 bits per heavy atom. The zero-order valence-corrected chi connectivity index (χ0v) is 10.5. The van der Waals surface area contributed by atoms with E-state index in [0.29, 0.717) is 18.0 Å². The van der Waals surface area contributed by atoms with Crippen molar-refractivity contribution in [3.63, 3.8) is 0 Å². The summed E-state index contributed by atoms with van der Waals surface area (Å²) in [6.45, 7) is 5.21. The first-order valence-electron chi connectivity index (χ1n) is 6.81. The molecule has 0 radical (unpaired) electrons. The quantitative estimate of drug-likeness (QED) is 0.797. The van der Waals surface area contributed by atoms with Gasteiger partial charge in [-0.05, 0) is 26.2 Å². The fraction of sp³-hybridized carbons (Fsp3) is 1.00. The third-order valence-corrected chi connectivity index (χ3v) is 4.29. The summed E-state index contributed by atoms with van der Waals surface area (Å²) < 4.78 is 12.3. The number of alkyl halides is 1. The number of nitrogens with one attached hydrogen (secondary N) is 1. The van der Waals surface area contributed by atoms with Gasteiger partial charge in [-0.3, -0.25) is 9.29 Å². The summed E-state index contributed by atoms with van der Waals surface area (Å²) in [5, 5.41) is 3.76. The second kappa shape index (κ2) is 5.46. The van der Waals surface area contributed by atoms with Crippen LogP contribution in [0.2, 0.25) is 0 Å². The zero-order valence-electron chi connectivity index (χ0n) is 10.5. The van der Waals surface area contributed by atoms with E-state index in [4.69, 9.17) is 0 Å². The predicted octanol–water partition coefficient (Wildman–Crippen LogP) is 2.34. The first kappa shape index (κ1) is 12.3. The van der Waals surface area contributed by atoms with E-state index in [1.165, 1.54) is 32.1 Å². The standard InChI is InChI=1S/C13H25FN2/c1-12-10-15-13(6-3-2-4-7-13)11-16(12)9-5-8-14/h12,15H,2-11H2,1H3. The molecule has 1 N–H and O–H groups in total. The number of piperazine rings is 1. The van der Waals surface area contributed by atoms with Gasteiger partial charge in [-0.25, -0.2) is 0 Å². The molecule has 0 aromatic heterocycles. The van der Waals surface area contributed by atoms with Crippen LogP contribution in [0.25, 0.3) is 0 Å². The normalized spacial score (nSPS) is 30.8. The zero-order chi connectivity index (χ0) is 11.4. The predicted molar refractivity (Wildman–Crippen MR) is 65.4 cm³/mol. The lowest BCUT2D eigenvalue weighted by Crippen LogP contribution is -2.64. The number of hydrogen-bond donors (Lipinski definition) is 1. The molecule has 3 heteroatoms. The molecule has 0 amide bonds. The molecule has 2 rings (SSSR count). The summed E-state index contributed by atoms with van der Waals surface area (Å²) in [4.78, 5) is 2.49. The fourth-order valence-electron chi connectivity index (χ4n) is 3.22. The van der Waals surface area contributed by atoms with Gasteiger partial charge in [0, 0.05) is 31.2 Å². The van der Waals surface area contributed by atoms with E-state index in [1.807, 2.05) is 0 Å². The minimum atomic E-state index is -0.177. The SMILES string of the molecule is CC1CNC2(CCCCC2)CN1CCCF. The van der Waals surface area contributed by atoms with Crippen LogP contribution in [0.3, 0.4) is 0 Å². The Labute approximate surface area is 98.6 Å². The number of nitrogens with zero attached hydrogens (tertiary/aromatic N) is 1. The molecule has 1 heterocycles. The Morgan fingerprint density at radius 2 is 2.06 bits per heavy atom. The molecule has 1 spiro atoms. The molecule has 1 aliphatic carbocycles. The van der Waals surface area contributed by atoms with Gasteiger partial charge in [0.25, 0.3) is 0 Å². The molecular formula is C13H25FN2.